The standard InChI is InChI=1S/C31H24ClF7N6O3/c1-13-43-30(45(44-13)22-10-16(32)5-6-19(22)31(37,38)39)29-27(46)26(28-23(47-29)12-42-48-28)41-11-18(15-8-20(34)24(36)21(35)9-15)25(40)14-3-2-4-17(33)7-14/h2-11,23,26-29,40-42,46H,12H2,1H3/b18-11-,40-25?/t23?,26-,27?,28?,29?/m0/s1. The third kappa shape index (κ3) is 6.41. The van der Waals surface area contributed by atoms with Crippen LogP contribution in [0, 0.1) is 35.6 Å². The minimum Gasteiger partial charge on any atom is -0.388 e. The molecule has 3 aromatic carbocycles. The second-order valence-electron chi connectivity index (χ2n) is 11.0. The molecule has 4 N–H and O–H groups in total. The van der Waals surface area contributed by atoms with Crippen LogP contribution in [0.2, 0.25) is 5.02 Å². The Kier molecular flexibility index (Phi) is 9.04. The number of aromatic nitrogens is 3. The lowest BCUT2D eigenvalue weighted by Crippen LogP contribution is -2.58. The molecule has 4 unspecified atom stereocenters. The van der Waals surface area contributed by atoms with Crippen LogP contribution in [0.1, 0.15) is 34.4 Å². The Morgan fingerprint density at radius 2 is 1.81 bits per heavy atom. The highest BCUT2D eigenvalue weighted by Gasteiger charge is 2.51. The van der Waals surface area contributed by atoms with Crippen LogP contribution in [0.3, 0.4) is 0 Å². The monoisotopic (exact) mass is 696 g/mol. The predicted molar refractivity (Wildman–Crippen MR) is 157 cm³/mol. The van der Waals surface area contributed by atoms with Gasteiger partial charge in [-0.2, -0.15) is 23.8 Å². The summed E-state index contributed by atoms with van der Waals surface area (Å²) in [4.78, 5) is 9.84. The van der Waals surface area contributed by atoms with Crippen molar-refractivity contribution < 1.29 is 45.4 Å². The Morgan fingerprint density at radius 3 is 2.50 bits per heavy atom. The van der Waals surface area contributed by atoms with Gasteiger partial charge in [0, 0.05) is 22.4 Å². The number of allylic oxidation sites excluding steroid dienone is 1. The Morgan fingerprint density at radius 1 is 1.08 bits per heavy atom. The Labute approximate surface area is 272 Å². The average molecular weight is 697 g/mol. The molecule has 9 nitrogen and oxygen atoms in total. The molecule has 0 aliphatic carbocycles. The van der Waals surface area contributed by atoms with E-state index in [1.807, 2.05) is 0 Å². The van der Waals surface area contributed by atoms with E-state index in [2.05, 4.69) is 20.9 Å². The van der Waals surface area contributed by atoms with Gasteiger partial charge in [0.05, 0.1) is 29.5 Å². The first-order valence-corrected chi connectivity index (χ1v) is 14.6. The van der Waals surface area contributed by atoms with Gasteiger partial charge in [-0.1, -0.05) is 23.7 Å². The van der Waals surface area contributed by atoms with Crippen molar-refractivity contribution in [2.75, 3.05) is 6.54 Å². The number of aryl methyl sites for hydroxylation is 1. The van der Waals surface area contributed by atoms with Gasteiger partial charge in [0.1, 0.15) is 36.1 Å². The summed E-state index contributed by atoms with van der Waals surface area (Å²) in [6.45, 7) is 1.51. The number of aliphatic hydroxyl groups is 1. The number of ether oxygens (including phenoxy) is 1. The summed E-state index contributed by atoms with van der Waals surface area (Å²) in [6, 6.07) is 7.84. The Balaban J connectivity index is 1.42. The number of hydrogen-bond acceptors (Lipinski definition) is 8. The first-order chi connectivity index (χ1) is 22.7. The molecule has 0 spiro atoms. The number of nitrogens with zero attached hydrogens (tertiary/aromatic N) is 3. The van der Waals surface area contributed by atoms with E-state index in [4.69, 9.17) is 26.6 Å². The van der Waals surface area contributed by atoms with Crippen LogP contribution in [0.5, 0.6) is 0 Å². The molecule has 3 heterocycles. The van der Waals surface area contributed by atoms with Gasteiger partial charge in [-0.3, -0.25) is 10.2 Å². The van der Waals surface area contributed by atoms with Gasteiger partial charge >= 0.3 is 6.18 Å². The van der Waals surface area contributed by atoms with Crippen LogP contribution in [0.4, 0.5) is 30.7 Å². The second kappa shape index (κ2) is 12.9. The fourth-order valence-corrected chi connectivity index (χ4v) is 5.78. The molecule has 0 amide bonds. The first-order valence-electron chi connectivity index (χ1n) is 14.2. The summed E-state index contributed by atoms with van der Waals surface area (Å²) in [7, 11) is 0. The minimum absolute atomic E-state index is 0.000760. The third-order valence-electron chi connectivity index (χ3n) is 7.81. The molecule has 2 saturated heterocycles. The summed E-state index contributed by atoms with van der Waals surface area (Å²) in [5.74, 6) is -5.70. The van der Waals surface area contributed by atoms with E-state index in [0.717, 1.165) is 41.2 Å². The molecule has 252 valence electrons. The third-order valence-corrected chi connectivity index (χ3v) is 8.04. The number of aliphatic hydroxyl groups excluding tert-OH is 1. The predicted octanol–water partition coefficient (Wildman–Crippen LogP) is 5.58. The SMILES string of the molecule is Cc1nc(C2OC3CNOC3[C@@H](N/C=C(\C(=N)c3cccc(F)c3)c3cc(F)c(F)c(F)c3)C2O)n(-c2cc(Cl)ccc2C(F)(F)F)n1. The molecule has 2 aliphatic rings. The van der Waals surface area contributed by atoms with Crippen molar-refractivity contribution in [2.45, 2.75) is 43.6 Å². The highest BCUT2D eigenvalue weighted by Crippen LogP contribution is 2.39. The van der Waals surface area contributed by atoms with E-state index in [9.17, 15) is 35.8 Å². The maximum absolute atomic E-state index is 14.3. The lowest BCUT2D eigenvalue weighted by molar-refractivity contribution is -0.174. The molecule has 1 aromatic heterocycles. The Bertz CT molecular complexity index is 1900. The molecule has 48 heavy (non-hydrogen) atoms. The van der Waals surface area contributed by atoms with Gasteiger partial charge in [0.15, 0.2) is 23.3 Å². The van der Waals surface area contributed by atoms with Crippen LogP contribution in [-0.4, -0.2) is 56.5 Å². The topological polar surface area (TPSA) is 117 Å². The van der Waals surface area contributed by atoms with E-state index in [1.165, 1.54) is 19.1 Å². The van der Waals surface area contributed by atoms with E-state index >= 15 is 0 Å². The zero-order chi connectivity index (χ0) is 34.5. The van der Waals surface area contributed by atoms with Crippen molar-refractivity contribution in [1.29, 1.82) is 5.41 Å². The lowest BCUT2D eigenvalue weighted by atomic mass is 9.91. The number of nitrogens with one attached hydrogen (secondary N) is 3. The van der Waals surface area contributed by atoms with Gasteiger partial charge in [0.2, 0.25) is 0 Å². The normalized spacial score (nSPS) is 22.9. The van der Waals surface area contributed by atoms with Crippen LogP contribution in [0.25, 0.3) is 11.3 Å². The zero-order valence-electron chi connectivity index (χ0n) is 24.5. The average Bonchev–Trinajstić information content (AvgIpc) is 3.66. The number of hydroxylamine groups is 1. The molecule has 4 aromatic rings. The number of benzene rings is 3. The fourth-order valence-electron chi connectivity index (χ4n) is 5.61. The molecule has 2 fully saturated rings. The van der Waals surface area contributed by atoms with Gasteiger partial charge in [-0.05, 0) is 55.0 Å². The molecular weight excluding hydrogens is 673 g/mol. The maximum atomic E-state index is 14.3. The van der Waals surface area contributed by atoms with Crippen LogP contribution >= 0.6 is 11.6 Å². The summed E-state index contributed by atoms with van der Waals surface area (Å²) in [5.41, 5.74) is 0.127. The van der Waals surface area contributed by atoms with E-state index < -0.39 is 76.9 Å². The number of rotatable bonds is 7. The van der Waals surface area contributed by atoms with Crippen molar-refractivity contribution in [2.24, 2.45) is 0 Å². The van der Waals surface area contributed by atoms with Crippen molar-refractivity contribution >= 4 is 22.9 Å². The molecular formula is C31H24ClF7N6O3. The van der Waals surface area contributed by atoms with Crippen LogP contribution < -0.4 is 10.8 Å². The highest BCUT2D eigenvalue weighted by atomic mass is 35.5. The Hall–Kier alpha value is -4.35. The van der Waals surface area contributed by atoms with Crippen molar-refractivity contribution in [3.8, 4) is 5.69 Å². The zero-order valence-corrected chi connectivity index (χ0v) is 25.3. The van der Waals surface area contributed by atoms with Crippen molar-refractivity contribution in [3.05, 3.63) is 117 Å². The van der Waals surface area contributed by atoms with Gasteiger partial charge < -0.3 is 15.2 Å². The molecule has 0 radical (unpaired) electrons. The van der Waals surface area contributed by atoms with Crippen LogP contribution in [-0.2, 0) is 15.8 Å². The van der Waals surface area contributed by atoms with E-state index in [-0.39, 0.29) is 39.9 Å². The molecule has 6 rings (SSSR count). The summed E-state index contributed by atoms with van der Waals surface area (Å²) in [6.07, 6.45) is -8.52. The van der Waals surface area contributed by atoms with Crippen molar-refractivity contribution in [3.63, 3.8) is 0 Å². The largest absolute Gasteiger partial charge is 0.418 e. The summed E-state index contributed by atoms with van der Waals surface area (Å²) >= 11 is 6.06. The minimum atomic E-state index is -4.81. The molecule has 0 bridgehead atoms. The smallest absolute Gasteiger partial charge is 0.388 e. The number of hydrogen-bond donors (Lipinski definition) is 4. The van der Waals surface area contributed by atoms with Gasteiger partial charge in [-0.15, -0.1) is 0 Å². The van der Waals surface area contributed by atoms with E-state index in [0.29, 0.717) is 12.1 Å². The first kappa shape index (κ1) is 33.5. The number of alkyl halides is 3. The van der Waals surface area contributed by atoms with Gasteiger partial charge in [-0.25, -0.2) is 27.2 Å². The number of fused-ring (bicyclic) bond motifs is 1. The van der Waals surface area contributed by atoms with Crippen molar-refractivity contribution in [1.82, 2.24) is 25.6 Å². The molecule has 0 saturated carbocycles. The summed E-state index contributed by atoms with van der Waals surface area (Å²) < 4.78 is 106. The fraction of sp³-hybridized carbons (Fsp3) is 0.258. The lowest BCUT2D eigenvalue weighted by Gasteiger charge is -2.40. The molecule has 5 atom stereocenters. The number of halogens is 8. The second-order valence-corrected chi connectivity index (χ2v) is 11.4. The molecule has 17 heteroatoms. The van der Waals surface area contributed by atoms with Crippen LogP contribution in [0.15, 0.2) is 60.8 Å². The quantitative estimate of drug-likeness (QED) is 0.113. The summed E-state index contributed by atoms with van der Waals surface area (Å²) in [5, 5.41) is 27.4. The molecule has 2 aliphatic heterocycles. The van der Waals surface area contributed by atoms with E-state index in [1.54, 1.807) is 0 Å². The highest BCUT2D eigenvalue weighted by molar-refractivity contribution is 6.31. The van der Waals surface area contributed by atoms with Gasteiger partial charge in [0.25, 0.3) is 0 Å². The maximum Gasteiger partial charge on any atom is 0.418 e.